The first-order valence-corrected chi connectivity index (χ1v) is 5.13. The van der Waals surface area contributed by atoms with E-state index in [2.05, 4.69) is 0 Å². The monoisotopic (exact) mass is 210 g/mol. The number of hydrogen-bond donors (Lipinski definition) is 0. The van der Waals surface area contributed by atoms with Crippen molar-refractivity contribution in [3.8, 4) is 0 Å². The van der Waals surface area contributed by atoms with E-state index in [1.54, 1.807) is 0 Å². The second-order valence-corrected chi connectivity index (χ2v) is 4.00. The lowest BCUT2D eigenvalue weighted by atomic mass is 9.97. The number of halogens is 2. The zero-order chi connectivity index (χ0) is 10.8. The van der Waals surface area contributed by atoms with Gasteiger partial charge in [-0.1, -0.05) is 6.07 Å². The molecule has 80 valence electrons. The highest BCUT2D eigenvalue weighted by atomic mass is 19.1. The first-order chi connectivity index (χ1) is 7.16. The fourth-order valence-corrected chi connectivity index (χ4v) is 2.06. The van der Waals surface area contributed by atoms with Crippen molar-refractivity contribution < 1.29 is 13.6 Å². The van der Waals surface area contributed by atoms with Crippen LogP contribution in [-0.4, -0.2) is 5.78 Å². The van der Waals surface area contributed by atoms with E-state index in [0.29, 0.717) is 18.4 Å². The largest absolute Gasteiger partial charge is 0.299 e. The molecule has 1 saturated carbocycles. The van der Waals surface area contributed by atoms with Gasteiger partial charge in [-0.25, -0.2) is 8.78 Å². The lowest BCUT2D eigenvalue weighted by Crippen LogP contribution is -2.10. The van der Waals surface area contributed by atoms with Crippen LogP contribution in [0.15, 0.2) is 18.2 Å². The molecule has 0 bridgehead atoms. The molecule has 15 heavy (non-hydrogen) atoms. The SMILES string of the molecule is O=C1CCCC1Cc1ccc(F)cc1F. The number of ketones is 1. The molecule has 1 aliphatic rings. The number of Topliss-reactive ketones (excluding diaryl/α,β-unsaturated/α-hetero) is 1. The fourth-order valence-electron chi connectivity index (χ4n) is 2.06. The van der Waals surface area contributed by atoms with E-state index in [1.807, 2.05) is 0 Å². The van der Waals surface area contributed by atoms with Crippen LogP contribution in [0.25, 0.3) is 0 Å². The molecule has 3 heteroatoms. The highest BCUT2D eigenvalue weighted by molar-refractivity contribution is 5.83. The third-order valence-corrected chi connectivity index (χ3v) is 2.91. The van der Waals surface area contributed by atoms with Crippen LogP contribution >= 0.6 is 0 Å². The van der Waals surface area contributed by atoms with Crippen LogP contribution in [0.4, 0.5) is 8.78 Å². The zero-order valence-corrected chi connectivity index (χ0v) is 8.30. The lowest BCUT2D eigenvalue weighted by molar-refractivity contribution is -0.120. The van der Waals surface area contributed by atoms with Gasteiger partial charge in [0, 0.05) is 18.4 Å². The summed E-state index contributed by atoms with van der Waals surface area (Å²) in [5, 5.41) is 0. The fraction of sp³-hybridized carbons (Fsp3) is 0.417. The van der Waals surface area contributed by atoms with E-state index in [9.17, 15) is 13.6 Å². The first-order valence-electron chi connectivity index (χ1n) is 5.13. The molecule has 0 saturated heterocycles. The number of carbonyl (C=O) groups excluding carboxylic acids is 1. The zero-order valence-electron chi connectivity index (χ0n) is 8.30. The summed E-state index contributed by atoms with van der Waals surface area (Å²) in [5.74, 6) is -0.979. The molecule has 0 aromatic heterocycles. The van der Waals surface area contributed by atoms with Gasteiger partial charge in [0.05, 0.1) is 0 Å². The van der Waals surface area contributed by atoms with E-state index < -0.39 is 11.6 Å². The average Bonchev–Trinajstić information content (AvgIpc) is 2.57. The summed E-state index contributed by atoms with van der Waals surface area (Å²) in [6, 6.07) is 3.53. The van der Waals surface area contributed by atoms with Crippen LogP contribution in [0.2, 0.25) is 0 Å². The van der Waals surface area contributed by atoms with Gasteiger partial charge in [-0.05, 0) is 30.9 Å². The van der Waals surface area contributed by atoms with Gasteiger partial charge in [0.2, 0.25) is 0 Å². The Labute approximate surface area is 87.1 Å². The molecule has 1 atom stereocenters. The summed E-state index contributed by atoms with van der Waals surface area (Å²) in [7, 11) is 0. The second kappa shape index (κ2) is 4.09. The first kappa shape index (κ1) is 10.3. The third kappa shape index (κ3) is 2.22. The van der Waals surface area contributed by atoms with E-state index in [4.69, 9.17) is 0 Å². The van der Waals surface area contributed by atoms with Gasteiger partial charge in [-0.15, -0.1) is 0 Å². The van der Waals surface area contributed by atoms with Crippen LogP contribution in [0.1, 0.15) is 24.8 Å². The standard InChI is InChI=1S/C12H12F2O/c13-10-5-4-8(11(14)7-10)6-9-2-1-3-12(9)15/h4-5,7,9H,1-3,6H2. The summed E-state index contributed by atoms with van der Waals surface area (Å²) >= 11 is 0. The smallest absolute Gasteiger partial charge is 0.136 e. The Morgan fingerprint density at radius 3 is 2.73 bits per heavy atom. The molecule has 1 unspecified atom stereocenters. The van der Waals surface area contributed by atoms with E-state index in [0.717, 1.165) is 18.9 Å². The number of benzene rings is 1. The average molecular weight is 210 g/mol. The normalized spacial score (nSPS) is 20.9. The second-order valence-electron chi connectivity index (χ2n) is 4.00. The molecular weight excluding hydrogens is 198 g/mol. The molecule has 0 amide bonds. The minimum Gasteiger partial charge on any atom is -0.299 e. The van der Waals surface area contributed by atoms with Gasteiger partial charge >= 0.3 is 0 Å². The van der Waals surface area contributed by atoms with E-state index in [1.165, 1.54) is 12.1 Å². The number of rotatable bonds is 2. The van der Waals surface area contributed by atoms with Crippen molar-refractivity contribution in [2.45, 2.75) is 25.7 Å². The molecule has 1 nitrogen and oxygen atoms in total. The van der Waals surface area contributed by atoms with Gasteiger partial charge in [-0.3, -0.25) is 4.79 Å². The molecule has 1 fully saturated rings. The Balaban J connectivity index is 2.13. The van der Waals surface area contributed by atoms with Crippen molar-refractivity contribution in [2.24, 2.45) is 5.92 Å². The van der Waals surface area contributed by atoms with Crippen LogP contribution in [-0.2, 0) is 11.2 Å². The molecule has 2 rings (SSSR count). The van der Waals surface area contributed by atoms with Crippen LogP contribution in [0.3, 0.4) is 0 Å². The lowest BCUT2D eigenvalue weighted by Gasteiger charge is -2.08. The molecule has 0 N–H and O–H groups in total. The van der Waals surface area contributed by atoms with Crippen LogP contribution in [0, 0.1) is 17.6 Å². The van der Waals surface area contributed by atoms with Crippen molar-refractivity contribution in [2.75, 3.05) is 0 Å². The Morgan fingerprint density at radius 1 is 1.33 bits per heavy atom. The minimum absolute atomic E-state index is 0.0649. The van der Waals surface area contributed by atoms with Gasteiger partial charge in [-0.2, -0.15) is 0 Å². The molecule has 0 heterocycles. The maximum atomic E-state index is 13.3. The summed E-state index contributed by atoms with van der Waals surface area (Å²) in [6.07, 6.45) is 2.74. The summed E-state index contributed by atoms with van der Waals surface area (Å²) in [4.78, 5) is 11.4. The number of hydrogen-bond acceptors (Lipinski definition) is 1. The Kier molecular flexibility index (Phi) is 2.80. The summed E-state index contributed by atoms with van der Waals surface area (Å²) < 4.78 is 25.9. The van der Waals surface area contributed by atoms with Crippen LogP contribution in [0.5, 0.6) is 0 Å². The van der Waals surface area contributed by atoms with Crippen molar-refractivity contribution in [1.82, 2.24) is 0 Å². The van der Waals surface area contributed by atoms with Crippen molar-refractivity contribution in [3.63, 3.8) is 0 Å². The van der Waals surface area contributed by atoms with Gasteiger partial charge in [0.1, 0.15) is 17.4 Å². The Bertz CT molecular complexity index is 387. The topological polar surface area (TPSA) is 17.1 Å². The molecule has 1 aromatic carbocycles. The molecule has 0 spiro atoms. The van der Waals surface area contributed by atoms with E-state index >= 15 is 0 Å². The molecule has 0 aliphatic heterocycles. The summed E-state index contributed by atoms with van der Waals surface area (Å²) in [6.45, 7) is 0. The third-order valence-electron chi connectivity index (χ3n) is 2.91. The van der Waals surface area contributed by atoms with Gasteiger partial charge in [0.25, 0.3) is 0 Å². The predicted octanol–water partition coefficient (Wildman–Crippen LogP) is 2.88. The number of carbonyl (C=O) groups is 1. The highest BCUT2D eigenvalue weighted by Crippen LogP contribution is 2.26. The Morgan fingerprint density at radius 2 is 2.13 bits per heavy atom. The minimum atomic E-state index is -0.575. The highest BCUT2D eigenvalue weighted by Gasteiger charge is 2.25. The van der Waals surface area contributed by atoms with Crippen molar-refractivity contribution in [1.29, 1.82) is 0 Å². The maximum absolute atomic E-state index is 13.3. The van der Waals surface area contributed by atoms with Gasteiger partial charge < -0.3 is 0 Å². The quantitative estimate of drug-likeness (QED) is 0.733. The molecule has 1 aromatic rings. The van der Waals surface area contributed by atoms with Crippen LogP contribution < -0.4 is 0 Å². The van der Waals surface area contributed by atoms with Crippen molar-refractivity contribution in [3.05, 3.63) is 35.4 Å². The molecular formula is C12H12F2O. The predicted molar refractivity (Wildman–Crippen MR) is 52.4 cm³/mol. The maximum Gasteiger partial charge on any atom is 0.136 e. The molecule has 0 radical (unpaired) electrons. The van der Waals surface area contributed by atoms with E-state index in [-0.39, 0.29) is 11.7 Å². The van der Waals surface area contributed by atoms with Gasteiger partial charge in [0.15, 0.2) is 0 Å². The van der Waals surface area contributed by atoms with Crippen molar-refractivity contribution >= 4 is 5.78 Å². The molecule has 1 aliphatic carbocycles. The Hall–Kier alpha value is -1.25. The summed E-state index contributed by atoms with van der Waals surface area (Å²) in [5.41, 5.74) is 0.441.